The Hall–Kier alpha value is -5.11. The fraction of sp³-hybridized carbons (Fsp3) is 0.182. The average Bonchev–Trinajstić information content (AvgIpc) is 3.67. The van der Waals surface area contributed by atoms with Crippen LogP contribution in [0.4, 0.5) is 0 Å². The Kier molecular flexibility index (Phi) is 8.01. The lowest BCUT2D eigenvalue weighted by molar-refractivity contribution is -0.120. The maximum atomic E-state index is 13.0. The smallest absolute Gasteiger partial charge is 0.251 e. The van der Waals surface area contributed by atoms with Crippen molar-refractivity contribution in [2.24, 2.45) is 5.73 Å². The van der Waals surface area contributed by atoms with Crippen molar-refractivity contribution in [3.63, 3.8) is 0 Å². The van der Waals surface area contributed by atoms with E-state index in [4.69, 9.17) is 15.2 Å². The van der Waals surface area contributed by atoms with E-state index < -0.39 is 11.9 Å². The van der Waals surface area contributed by atoms with Gasteiger partial charge in [-0.15, -0.1) is 0 Å². The van der Waals surface area contributed by atoms with Crippen LogP contribution in [0.15, 0.2) is 102 Å². The monoisotopic (exact) mass is 548 g/mol. The van der Waals surface area contributed by atoms with Crippen LogP contribution >= 0.6 is 0 Å². The third kappa shape index (κ3) is 6.38. The number of amides is 2. The molecule has 2 heterocycles. The first kappa shape index (κ1) is 27.5. The van der Waals surface area contributed by atoms with Crippen LogP contribution in [0.5, 0.6) is 5.75 Å². The highest BCUT2D eigenvalue weighted by atomic mass is 16.3. The molecular weight excluding hydrogens is 516 g/mol. The molecule has 0 aliphatic heterocycles. The highest BCUT2D eigenvalue weighted by Gasteiger charge is 2.20. The molecule has 5 rings (SSSR count). The Balaban J connectivity index is 1.36. The Bertz CT molecular complexity index is 1620. The van der Waals surface area contributed by atoms with Gasteiger partial charge < -0.3 is 20.6 Å². The van der Waals surface area contributed by atoms with E-state index in [9.17, 15) is 14.7 Å². The lowest BCUT2D eigenvalue weighted by atomic mass is 10.0. The number of primary amides is 1. The molecule has 0 spiro atoms. The summed E-state index contributed by atoms with van der Waals surface area (Å²) in [4.78, 5) is 25.1. The van der Waals surface area contributed by atoms with Crippen LogP contribution in [0.1, 0.15) is 47.7 Å². The van der Waals surface area contributed by atoms with Gasteiger partial charge in [0.2, 0.25) is 5.91 Å². The van der Waals surface area contributed by atoms with Crippen LogP contribution in [-0.2, 0) is 11.2 Å². The molecule has 208 valence electrons. The van der Waals surface area contributed by atoms with E-state index in [-0.39, 0.29) is 11.7 Å². The molecule has 2 amide bonds. The normalized spacial score (nSPS) is 11.9. The second-order valence-corrected chi connectivity index (χ2v) is 10.3. The van der Waals surface area contributed by atoms with Gasteiger partial charge >= 0.3 is 0 Å². The number of phenolic OH excluding ortho intramolecular Hbond substituents is 1. The van der Waals surface area contributed by atoms with Gasteiger partial charge in [-0.1, -0.05) is 50.2 Å². The maximum absolute atomic E-state index is 13.0. The van der Waals surface area contributed by atoms with Gasteiger partial charge in [0.1, 0.15) is 17.5 Å². The van der Waals surface area contributed by atoms with E-state index in [0.29, 0.717) is 35.8 Å². The molecule has 8 heteroatoms. The number of furan rings is 1. The average molecular weight is 549 g/mol. The van der Waals surface area contributed by atoms with E-state index in [1.807, 2.05) is 47.1 Å². The standard InChI is InChI=1S/C33H32N4O4/c1-21(2)23-12-14-26(15-13-23)37-30(20-29(36-37)31-4-3-19-41-31)24-8-10-25(11-9-24)33(40)35-28(32(34)39)18-7-22-5-16-27(38)17-6-22/h3-6,8-17,19-21,28,38H,7,18H2,1-2H3,(H2,34,39)(H,35,40). The van der Waals surface area contributed by atoms with Crippen LogP contribution in [0.25, 0.3) is 28.4 Å². The van der Waals surface area contributed by atoms with Crippen molar-refractivity contribution in [3.8, 4) is 34.1 Å². The summed E-state index contributed by atoms with van der Waals surface area (Å²) < 4.78 is 7.46. The quantitative estimate of drug-likeness (QED) is 0.202. The molecule has 4 N–H and O–H groups in total. The number of carbonyl (C=O) groups excluding carboxylic acids is 2. The van der Waals surface area contributed by atoms with Crippen molar-refractivity contribution < 1.29 is 19.1 Å². The molecule has 1 unspecified atom stereocenters. The number of aryl methyl sites for hydroxylation is 1. The number of benzene rings is 3. The lowest BCUT2D eigenvalue weighted by Crippen LogP contribution is -2.44. The molecule has 3 aromatic carbocycles. The zero-order valence-electron chi connectivity index (χ0n) is 23.0. The van der Waals surface area contributed by atoms with Crippen LogP contribution in [0.2, 0.25) is 0 Å². The summed E-state index contributed by atoms with van der Waals surface area (Å²) in [5.41, 5.74) is 11.4. The van der Waals surface area contributed by atoms with E-state index in [1.165, 1.54) is 5.56 Å². The highest BCUT2D eigenvalue weighted by molar-refractivity contribution is 5.97. The highest BCUT2D eigenvalue weighted by Crippen LogP contribution is 2.30. The molecular formula is C33H32N4O4. The fourth-order valence-electron chi connectivity index (χ4n) is 4.62. The SMILES string of the molecule is CC(C)c1ccc(-n2nc(-c3ccco3)cc2-c2ccc(C(=O)NC(CCc3ccc(O)cc3)C(N)=O)cc2)cc1. The molecule has 0 saturated carbocycles. The van der Waals surface area contributed by atoms with Crippen molar-refractivity contribution in [3.05, 3.63) is 114 Å². The van der Waals surface area contributed by atoms with E-state index in [1.54, 1.807) is 42.7 Å². The van der Waals surface area contributed by atoms with E-state index >= 15 is 0 Å². The molecule has 8 nitrogen and oxygen atoms in total. The van der Waals surface area contributed by atoms with E-state index in [2.05, 4.69) is 31.3 Å². The molecule has 0 fully saturated rings. The molecule has 41 heavy (non-hydrogen) atoms. The predicted octanol–water partition coefficient (Wildman–Crippen LogP) is 5.84. The third-order valence-electron chi connectivity index (χ3n) is 7.04. The number of hydrogen-bond acceptors (Lipinski definition) is 5. The number of rotatable bonds is 10. The minimum absolute atomic E-state index is 0.168. The number of hydrogen-bond donors (Lipinski definition) is 3. The molecule has 0 radical (unpaired) electrons. The molecule has 1 atom stereocenters. The first-order valence-electron chi connectivity index (χ1n) is 13.5. The number of aromatic nitrogens is 2. The molecule has 0 saturated heterocycles. The van der Waals surface area contributed by atoms with Crippen molar-refractivity contribution in [2.45, 2.75) is 38.6 Å². The molecule has 5 aromatic rings. The molecule has 2 aromatic heterocycles. The number of nitrogens with zero attached hydrogens (tertiary/aromatic N) is 2. The van der Waals surface area contributed by atoms with Crippen molar-refractivity contribution >= 4 is 11.8 Å². The first-order valence-corrected chi connectivity index (χ1v) is 13.5. The number of nitrogens with one attached hydrogen (secondary N) is 1. The van der Waals surface area contributed by atoms with Crippen molar-refractivity contribution in [2.75, 3.05) is 0 Å². The van der Waals surface area contributed by atoms with Crippen LogP contribution in [0, 0.1) is 0 Å². The number of phenols is 1. The molecule has 0 bridgehead atoms. The van der Waals surface area contributed by atoms with Gasteiger partial charge in [0.05, 0.1) is 17.6 Å². The number of carbonyl (C=O) groups is 2. The predicted molar refractivity (Wildman–Crippen MR) is 158 cm³/mol. The zero-order valence-corrected chi connectivity index (χ0v) is 23.0. The van der Waals surface area contributed by atoms with Gasteiger partial charge in [0, 0.05) is 11.1 Å². The third-order valence-corrected chi connectivity index (χ3v) is 7.04. The van der Waals surface area contributed by atoms with Gasteiger partial charge in [0.25, 0.3) is 5.91 Å². The van der Waals surface area contributed by atoms with Crippen molar-refractivity contribution in [1.29, 1.82) is 0 Å². The summed E-state index contributed by atoms with van der Waals surface area (Å²) >= 11 is 0. The first-order chi connectivity index (χ1) is 19.8. The summed E-state index contributed by atoms with van der Waals surface area (Å²) in [6.45, 7) is 4.31. The Morgan fingerprint density at radius 1 is 0.976 bits per heavy atom. The summed E-state index contributed by atoms with van der Waals surface area (Å²) in [6, 6.07) is 26.9. The largest absolute Gasteiger partial charge is 0.508 e. The van der Waals surface area contributed by atoms with Crippen LogP contribution < -0.4 is 11.1 Å². The zero-order chi connectivity index (χ0) is 28.9. The lowest BCUT2D eigenvalue weighted by Gasteiger charge is -2.16. The summed E-state index contributed by atoms with van der Waals surface area (Å²) in [5.74, 6) is 0.248. The Morgan fingerprint density at radius 2 is 1.68 bits per heavy atom. The van der Waals surface area contributed by atoms with Crippen molar-refractivity contribution in [1.82, 2.24) is 15.1 Å². The summed E-state index contributed by atoms with van der Waals surface area (Å²) in [7, 11) is 0. The Morgan fingerprint density at radius 3 is 2.29 bits per heavy atom. The van der Waals surface area contributed by atoms with Gasteiger partial charge in [-0.2, -0.15) is 5.10 Å². The Labute approximate surface area is 238 Å². The molecule has 0 aliphatic rings. The van der Waals surface area contributed by atoms with E-state index in [0.717, 1.165) is 22.5 Å². The second-order valence-electron chi connectivity index (χ2n) is 10.3. The second kappa shape index (κ2) is 12.0. The fourth-order valence-corrected chi connectivity index (χ4v) is 4.62. The van der Waals surface area contributed by atoms with Crippen LogP contribution in [-0.4, -0.2) is 32.7 Å². The topological polar surface area (TPSA) is 123 Å². The van der Waals surface area contributed by atoms with Gasteiger partial charge in [0.15, 0.2) is 5.76 Å². The number of nitrogens with two attached hydrogens (primary N) is 1. The van der Waals surface area contributed by atoms with Gasteiger partial charge in [-0.25, -0.2) is 4.68 Å². The summed E-state index contributed by atoms with van der Waals surface area (Å²) in [5, 5.41) is 17.0. The molecule has 0 aliphatic carbocycles. The number of aromatic hydroxyl groups is 1. The minimum Gasteiger partial charge on any atom is -0.508 e. The van der Waals surface area contributed by atoms with Crippen LogP contribution in [0.3, 0.4) is 0 Å². The van der Waals surface area contributed by atoms with Gasteiger partial charge in [-0.05, 0) is 84.5 Å². The maximum Gasteiger partial charge on any atom is 0.251 e. The van der Waals surface area contributed by atoms with Gasteiger partial charge in [-0.3, -0.25) is 9.59 Å². The summed E-state index contributed by atoms with van der Waals surface area (Å²) in [6.07, 6.45) is 2.48. The minimum atomic E-state index is -0.831.